The Morgan fingerprint density at radius 3 is 2.46 bits per heavy atom. The van der Waals surface area contributed by atoms with Crippen molar-refractivity contribution < 1.29 is 71.1 Å². The molecule has 9 atom stereocenters. The van der Waals surface area contributed by atoms with Crippen LogP contribution in [0.3, 0.4) is 0 Å². The van der Waals surface area contributed by atoms with Gasteiger partial charge in [0, 0.05) is 25.5 Å². The standard InChI is InChI=1S/C35H44N10O16P2/c1-2-3-9-25(46)38-14-26(47)42-20(12-19-7-5-4-6-8-19)34(49)60-30-23(59-33(29(30)48)45-18-41-28-31(37)39-17-40-32(28)45)16-57-63(54,55)61-21-13-27(44-11-10-24(36)43-35(44)50)58-22(21)15-56-62(51,52)53/h2,4-8,10-11,17-18,20-23,27,29-30,33,48H,1,3,9,12-16H2,(H,38,46)(H,42,47)(H,54,55)(H2,36,43,50)(H2,37,39,40)(H2,51,52,53)/t20-,21?,22+,23+,27+,29-,30?,33+/m0/s1. The second-order valence-corrected chi connectivity index (χ2v) is 16.7. The lowest BCUT2D eigenvalue weighted by atomic mass is 10.1. The summed E-state index contributed by atoms with van der Waals surface area (Å²) < 4.78 is 60.2. The highest BCUT2D eigenvalue weighted by Crippen LogP contribution is 2.50. The number of carbonyl (C=O) groups is 3. The van der Waals surface area contributed by atoms with Crippen molar-refractivity contribution >= 4 is 56.2 Å². The molecule has 1 aromatic carbocycles. The first kappa shape index (κ1) is 47.0. The van der Waals surface area contributed by atoms with Crippen molar-refractivity contribution in [2.75, 3.05) is 31.2 Å². The number of nitrogens with one attached hydrogen (secondary N) is 2. The normalized spacial score (nSPS) is 23.8. The number of amides is 2. The van der Waals surface area contributed by atoms with E-state index in [-0.39, 0.29) is 42.1 Å². The highest BCUT2D eigenvalue weighted by Gasteiger charge is 2.50. The van der Waals surface area contributed by atoms with Crippen LogP contribution in [0.15, 0.2) is 72.7 Å². The van der Waals surface area contributed by atoms with Gasteiger partial charge in [0.2, 0.25) is 11.8 Å². The Kier molecular flexibility index (Phi) is 15.2. The van der Waals surface area contributed by atoms with Crippen LogP contribution in [-0.2, 0) is 57.7 Å². The number of carbonyl (C=O) groups excluding carboxylic acids is 3. The summed E-state index contributed by atoms with van der Waals surface area (Å²) in [6.07, 6.45) is -5.59. The Morgan fingerprint density at radius 2 is 1.75 bits per heavy atom. The average molecular weight is 923 g/mol. The first-order valence-corrected chi connectivity index (χ1v) is 22.0. The zero-order chi connectivity index (χ0) is 45.5. The van der Waals surface area contributed by atoms with E-state index in [0.29, 0.717) is 12.0 Å². The van der Waals surface area contributed by atoms with Crippen molar-refractivity contribution in [1.82, 2.24) is 39.7 Å². The van der Waals surface area contributed by atoms with Gasteiger partial charge in [-0.15, -0.1) is 6.58 Å². The van der Waals surface area contributed by atoms with Crippen molar-refractivity contribution in [2.45, 2.75) is 74.7 Å². The molecule has 340 valence electrons. The van der Waals surface area contributed by atoms with Gasteiger partial charge in [-0.2, -0.15) is 4.98 Å². The molecular formula is C35H44N10O16P2. The van der Waals surface area contributed by atoms with E-state index in [0.717, 1.165) is 10.9 Å². The molecule has 10 N–H and O–H groups in total. The molecule has 2 aliphatic heterocycles. The third-order valence-corrected chi connectivity index (χ3v) is 11.1. The quantitative estimate of drug-likeness (QED) is 0.0303. The molecule has 5 heterocycles. The molecule has 0 aliphatic carbocycles. The molecule has 2 saturated heterocycles. The SMILES string of the molecule is C=CCCC(=O)NCC(=O)N[C@@H](Cc1ccccc1)C(=O)OC1[C@@H](COP(=O)(O)OC2C[C@H](n3ccc(N)nc3=O)O[C@@H]2COP(=O)(O)O)O[C@@H](n2cnc3c(N)ncnc32)[C@H]1O. The zero-order valence-electron chi connectivity index (χ0n) is 33.0. The van der Waals surface area contributed by atoms with Gasteiger partial charge in [0.25, 0.3) is 0 Å². The Labute approximate surface area is 356 Å². The maximum absolute atomic E-state index is 14.0. The van der Waals surface area contributed by atoms with E-state index < -0.39 is 108 Å². The number of fused-ring (bicyclic) bond motifs is 1. The summed E-state index contributed by atoms with van der Waals surface area (Å²) >= 11 is 0. The smallest absolute Gasteiger partial charge is 0.455 e. The predicted octanol–water partition coefficient (Wildman–Crippen LogP) is -0.873. The predicted molar refractivity (Wildman–Crippen MR) is 214 cm³/mol. The molecule has 2 fully saturated rings. The molecule has 2 aliphatic rings. The zero-order valence-corrected chi connectivity index (χ0v) is 34.8. The highest BCUT2D eigenvalue weighted by atomic mass is 31.2. The Morgan fingerprint density at radius 1 is 1.00 bits per heavy atom. The molecular weight excluding hydrogens is 878 g/mol. The van der Waals surface area contributed by atoms with Gasteiger partial charge in [0.1, 0.15) is 54.3 Å². The van der Waals surface area contributed by atoms with Crippen molar-refractivity contribution in [1.29, 1.82) is 0 Å². The van der Waals surface area contributed by atoms with Gasteiger partial charge >= 0.3 is 27.3 Å². The van der Waals surface area contributed by atoms with Gasteiger partial charge in [-0.3, -0.25) is 32.3 Å². The minimum atomic E-state index is -5.25. The van der Waals surface area contributed by atoms with Crippen LogP contribution < -0.4 is 27.8 Å². The van der Waals surface area contributed by atoms with Crippen LogP contribution in [0.4, 0.5) is 11.6 Å². The summed E-state index contributed by atoms with van der Waals surface area (Å²) in [6, 6.07) is 8.38. The summed E-state index contributed by atoms with van der Waals surface area (Å²) in [4.78, 5) is 97.1. The van der Waals surface area contributed by atoms with E-state index in [1.807, 2.05) is 0 Å². The fourth-order valence-corrected chi connectivity index (χ4v) is 7.91. The maximum Gasteiger partial charge on any atom is 0.472 e. The first-order chi connectivity index (χ1) is 29.9. The van der Waals surface area contributed by atoms with Crippen molar-refractivity contribution in [3.8, 4) is 0 Å². The van der Waals surface area contributed by atoms with E-state index in [9.17, 15) is 48.1 Å². The number of benzene rings is 1. The summed E-state index contributed by atoms with van der Waals surface area (Å²) in [6.45, 7) is 1.28. The van der Waals surface area contributed by atoms with Crippen LogP contribution in [0.25, 0.3) is 11.2 Å². The molecule has 3 unspecified atom stereocenters. The molecule has 63 heavy (non-hydrogen) atoms. The number of imidazole rings is 1. The molecule has 0 spiro atoms. The van der Waals surface area contributed by atoms with E-state index >= 15 is 0 Å². The Balaban J connectivity index is 1.22. The van der Waals surface area contributed by atoms with Crippen LogP contribution in [0, 0.1) is 0 Å². The van der Waals surface area contributed by atoms with Crippen molar-refractivity contribution in [3.05, 3.63) is 84.0 Å². The van der Waals surface area contributed by atoms with Gasteiger partial charge in [0.15, 0.2) is 23.8 Å². The lowest BCUT2D eigenvalue weighted by molar-refractivity contribution is -0.160. The number of nitrogens with two attached hydrogens (primary N) is 2. The van der Waals surface area contributed by atoms with Crippen LogP contribution in [-0.4, -0.2) is 123 Å². The Bertz CT molecular complexity index is 2440. The fourth-order valence-electron chi connectivity index (χ4n) is 6.61. The van der Waals surface area contributed by atoms with E-state index in [2.05, 4.69) is 41.7 Å². The molecule has 4 aromatic rings. The van der Waals surface area contributed by atoms with Crippen LogP contribution in [0.2, 0.25) is 0 Å². The molecule has 0 radical (unpaired) electrons. The van der Waals surface area contributed by atoms with Gasteiger partial charge < -0.3 is 56.1 Å². The first-order valence-electron chi connectivity index (χ1n) is 18.9. The number of aromatic nitrogens is 6. The average Bonchev–Trinajstić information content (AvgIpc) is 3.92. The second-order valence-electron chi connectivity index (χ2n) is 14.1. The molecule has 28 heteroatoms. The Hall–Kier alpha value is -5.50. The third-order valence-electron chi connectivity index (χ3n) is 9.57. The molecule has 3 aromatic heterocycles. The van der Waals surface area contributed by atoms with E-state index in [1.54, 1.807) is 30.3 Å². The third kappa shape index (κ3) is 12.4. The summed E-state index contributed by atoms with van der Waals surface area (Å²) in [5, 5.41) is 16.7. The van der Waals surface area contributed by atoms with Gasteiger partial charge in [-0.1, -0.05) is 36.4 Å². The van der Waals surface area contributed by atoms with Crippen molar-refractivity contribution in [3.63, 3.8) is 0 Å². The lowest BCUT2D eigenvalue weighted by Gasteiger charge is -2.25. The summed E-state index contributed by atoms with van der Waals surface area (Å²) in [7, 11) is -10.3. The fraction of sp³-hybridized carbons (Fsp3) is 0.429. The van der Waals surface area contributed by atoms with Gasteiger partial charge in [0.05, 0.1) is 26.1 Å². The number of hydrogen-bond donors (Lipinski definition) is 8. The van der Waals surface area contributed by atoms with Gasteiger partial charge in [-0.25, -0.2) is 33.7 Å². The number of aliphatic hydroxyl groups is 1. The summed E-state index contributed by atoms with van der Waals surface area (Å²) in [5.74, 6) is -2.39. The molecule has 0 bridgehead atoms. The molecule has 2 amide bonds. The van der Waals surface area contributed by atoms with Crippen LogP contribution in [0.5, 0.6) is 0 Å². The molecule has 6 rings (SSSR count). The minimum absolute atomic E-state index is 0.0102. The van der Waals surface area contributed by atoms with E-state index in [1.165, 1.54) is 29.2 Å². The molecule has 26 nitrogen and oxygen atoms in total. The van der Waals surface area contributed by atoms with E-state index in [4.69, 9.17) is 34.7 Å². The number of allylic oxidation sites excluding steroid dienone is 1. The van der Waals surface area contributed by atoms with Crippen LogP contribution >= 0.6 is 15.6 Å². The highest BCUT2D eigenvalue weighted by molar-refractivity contribution is 7.47. The lowest BCUT2D eigenvalue weighted by Crippen LogP contribution is -2.49. The number of anilines is 2. The largest absolute Gasteiger partial charge is 0.472 e. The number of nitrogen functional groups attached to an aromatic ring is 2. The number of ether oxygens (including phenoxy) is 3. The second kappa shape index (κ2) is 20.3. The number of phosphoric ester groups is 2. The number of phosphoric acid groups is 2. The van der Waals surface area contributed by atoms with Gasteiger partial charge in [-0.05, 0) is 18.1 Å². The molecule has 0 saturated carbocycles. The maximum atomic E-state index is 14.0. The minimum Gasteiger partial charge on any atom is -0.455 e. The number of esters is 1. The monoisotopic (exact) mass is 922 g/mol. The topological polar surface area (TPSA) is 376 Å². The summed E-state index contributed by atoms with van der Waals surface area (Å²) in [5.41, 5.74) is 11.5. The number of aliphatic hydroxyl groups excluding tert-OH is 1. The number of rotatable bonds is 20. The number of hydrogen-bond acceptors (Lipinski definition) is 19. The van der Waals surface area contributed by atoms with Crippen LogP contribution in [0.1, 0.15) is 37.3 Å². The number of nitrogens with zero attached hydrogens (tertiary/aromatic N) is 6. The van der Waals surface area contributed by atoms with Crippen molar-refractivity contribution in [2.24, 2.45) is 0 Å².